The molecule has 3 rings (SSSR count). The molecule has 2 aromatic rings. The van der Waals surface area contributed by atoms with Gasteiger partial charge < -0.3 is 10.8 Å². The number of phenols is 1. The van der Waals surface area contributed by atoms with Crippen molar-refractivity contribution in [1.29, 1.82) is 0 Å². The monoisotopic (exact) mass is 239 g/mol. The fourth-order valence-corrected chi connectivity index (χ4v) is 2.83. The highest BCUT2D eigenvalue weighted by atomic mass is 16.3. The van der Waals surface area contributed by atoms with Crippen LogP contribution in [-0.4, -0.2) is 5.11 Å². The number of aromatic hydroxyl groups is 1. The second-order valence-electron chi connectivity index (χ2n) is 5.21. The Morgan fingerprint density at radius 2 is 1.94 bits per heavy atom. The van der Waals surface area contributed by atoms with Gasteiger partial charge >= 0.3 is 0 Å². The molecule has 2 nitrogen and oxygen atoms in total. The van der Waals surface area contributed by atoms with Gasteiger partial charge in [-0.1, -0.05) is 36.4 Å². The molecule has 0 radical (unpaired) electrons. The largest absolute Gasteiger partial charge is 0.508 e. The highest BCUT2D eigenvalue weighted by Crippen LogP contribution is 2.57. The van der Waals surface area contributed by atoms with Gasteiger partial charge in [-0.05, 0) is 42.2 Å². The van der Waals surface area contributed by atoms with Crippen LogP contribution >= 0.6 is 0 Å². The van der Waals surface area contributed by atoms with Crippen LogP contribution in [0.1, 0.15) is 29.0 Å². The van der Waals surface area contributed by atoms with E-state index < -0.39 is 0 Å². The zero-order valence-corrected chi connectivity index (χ0v) is 10.4. The average Bonchev–Trinajstić information content (AvgIpc) is 3.03. The van der Waals surface area contributed by atoms with Crippen LogP contribution in [0.3, 0.4) is 0 Å². The molecular weight excluding hydrogens is 222 g/mol. The van der Waals surface area contributed by atoms with E-state index in [4.69, 9.17) is 5.73 Å². The first-order valence-corrected chi connectivity index (χ1v) is 6.25. The maximum absolute atomic E-state index is 9.54. The van der Waals surface area contributed by atoms with Gasteiger partial charge in [0.15, 0.2) is 0 Å². The molecule has 0 amide bonds. The number of benzene rings is 2. The molecule has 0 saturated heterocycles. The van der Waals surface area contributed by atoms with E-state index in [0.717, 1.165) is 12.0 Å². The number of nitrogens with two attached hydrogens (primary N) is 1. The van der Waals surface area contributed by atoms with Crippen molar-refractivity contribution in [2.45, 2.75) is 24.8 Å². The van der Waals surface area contributed by atoms with E-state index in [-0.39, 0.29) is 5.54 Å². The van der Waals surface area contributed by atoms with E-state index in [1.807, 2.05) is 30.3 Å². The zero-order valence-electron chi connectivity index (χ0n) is 10.4. The van der Waals surface area contributed by atoms with Gasteiger partial charge in [0.1, 0.15) is 5.75 Å². The van der Waals surface area contributed by atoms with Crippen LogP contribution in [-0.2, 0) is 5.54 Å². The summed E-state index contributed by atoms with van der Waals surface area (Å²) in [5.41, 5.74) is 9.83. The Labute approximate surface area is 107 Å². The zero-order chi connectivity index (χ0) is 12.8. The number of phenolic OH excluding ortho intramolecular Hbond substituents is 1. The van der Waals surface area contributed by atoms with Crippen LogP contribution in [0, 0.1) is 6.92 Å². The number of aryl methyl sites for hydroxylation is 1. The number of hydrogen-bond acceptors (Lipinski definition) is 2. The first-order valence-electron chi connectivity index (χ1n) is 6.25. The fourth-order valence-electron chi connectivity index (χ4n) is 2.83. The lowest BCUT2D eigenvalue weighted by Crippen LogP contribution is -2.22. The highest BCUT2D eigenvalue weighted by Gasteiger charge is 2.53. The van der Waals surface area contributed by atoms with Crippen molar-refractivity contribution in [3.05, 3.63) is 65.2 Å². The molecule has 0 bridgehead atoms. The van der Waals surface area contributed by atoms with Crippen molar-refractivity contribution < 1.29 is 5.11 Å². The molecule has 1 aliphatic carbocycles. The van der Waals surface area contributed by atoms with Crippen molar-refractivity contribution in [2.75, 3.05) is 0 Å². The molecule has 3 N–H and O–H groups in total. The minimum Gasteiger partial charge on any atom is -0.508 e. The lowest BCUT2D eigenvalue weighted by molar-refractivity contribution is 0.474. The van der Waals surface area contributed by atoms with E-state index >= 15 is 0 Å². The SMILES string of the molecule is Cc1ccccc1C1(N)CC1c1cccc(O)c1. The van der Waals surface area contributed by atoms with Gasteiger partial charge in [-0.2, -0.15) is 0 Å². The Hall–Kier alpha value is -1.80. The summed E-state index contributed by atoms with van der Waals surface area (Å²) in [5.74, 6) is 0.622. The Morgan fingerprint density at radius 3 is 2.67 bits per heavy atom. The van der Waals surface area contributed by atoms with Gasteiger partial charge in [-0.15, -0.1) is 0 Å². The molecule has 0 heterocycles. The summed E-state index contributed by atoms with van der Waals surface area (Å²) >= 11 is 0. The molecule has 0 aromatic heterocycles. The molecule has 2 unspecified atom stereocenters. The minimum atomic E-state index is -0.265. The summed E-state index contributed by atoms with van der Waals surface area (Å²) in [6.45, 7) is 2.10. The third kappa shape index (κ3) is 1.70. The van der Waals surface area contributed by atoms with Crippen molar-refractivity contribution in [1.82, 2.24) is 0 Å². The molecule has 18 heavy (non-hydrogen) atoms. The Bertz CT molecular complexity index is 593. The third-order valence-corrected chi connectivity index (χ3v) is 3.92. The van der Waals surface area contributed by atoms with Crippen LogP contribution in [0.4, 0.5) is 0 Å². The quantitative estimate of drug-likeness (QED) is 0.846. The number of rotatable bonds is 2. The van der Waals surface area contributed by atoms with Gasteiger partial charge in [-0.3, -0.25) is 0 Å². The Morgan fingerprint density at radius 1 is 1.17 bits per heavy atom. The topological polar surface area (TPSA) is 46.2 Å². The summed E-state index contributed by atoms with van der Waals surface area (Å²) in [5, 5.41) is 9.54. The van der Waals surface area contributed by atoms with Gasteiger partial charge in [0.25, 0.3) is 0 Å². The van der Waals surface area contributed by atoms with Crippen molar-refractivity contribution >= 4 is 0 Å². The summed E-state index contributed by atoms with van der Waals surface area (Å²) in [6.07, 6.45) is 0.946. The smallest absolute Gasteiger partial charge is 0.115 e. The highest BCUT2D eigenvalue weighted by molar-refractivity contribution is 5.46. The summed E-state index contributed by atoms with van der Waals surface area (Å²) < 4.78 is 0. The standard InChI is InChI=1S/C16H17NO/c1-11-5-2-3-8-14(11)16(17)10-15(16)12-6-4-7-13(18)9-12/h2-9,15,18H,10,17H2,1H3. The van der Waals surface area contributed by atoms with Gasteiger partial charge in [0.05, 0.1) is 0 Å². The van der Waals surface area contributed by atoms with E-state index in [0.29, 0.717) is 11.7 Å². The normalized spacial score (nSPS) is 26.0. The van der Waals surface area contributed by atoms with Crippen molar-refractivity contribution in [3.63, 3.8) is 0 Å². The Balaban J connectivity index is 1.95. The van der Waals surface area contributed by atoms with E-state index in [1.165, 1.54) is 11.1 Å². The van der Waals surface area contributed by atoms with E-state index in [2.05, 4.69) is 19.1 Å². The molecule has 2 aromatic carbocycles. The lowest BCUT2D eigenvalue weighted by Gasteiger charge is -2.15. The van der Waals surface area contributed by atoms with Gasteiger partial charge in [-0.25, -0.2) is 0 Å². The molecule has 2 atom stereocenters. The number of hydrogen-bond donors (Lipinski definition) is 2. The van der Waals surface area contributed by atoms with Crippen LogP contribution in [0.25, 0.3) is 0 Å². The predicted molar refractivity (Wildman–Crippen MR) is 72.5 cm³/mol. The molecule has 92 valence electrons. The van der Waals surface area contributed by atoms with E-state index in [1.54, 1.807) is 6.07 Å². The molecule has 0 spiro atoms. The molecule has 1 aliphatic rings. The molecule has 0 aliphatic heterocycles. The van der Waals surface area contributed by atoms with Crippen molar-refractivity contribution in [2.24, 2.45) is 5.73 Å². The molecular formula is C16H17NO. The summed E-state index contributed by atoms with van der Waals surface area (Å²) in [6, 6.07) is 15.7. The van der Waals surface area contributed by atoms with Crippen molar-refractivity contribution in [3.8, 4) is 5.75 Å². The Kier molecular flexibility index (Phi) is 2.42. The predicted octanol–water partition coefficient (Wildman–Crippen LogP) is 3.04. The fraction of sp³-hybridized carbons (Fsp3) is 0.250. The maximum atomic E-state index is 9.54. The average molecular weight is 239 g/mol. The third-order valence-electron chi connectivity index (χ3n) is 3.92. The summed E-state index contributed by atoms with van der Waals surface area (Å²) in [7, 11) is 0. The van der Waals surface area contributed by atoms with Gasteiger partial charge in [0, 0.05) is 11.5 Å². The second kappa shape index (κ2) is 3.85. The van der Waals surface area contributed by atoms with Crippen LogP contribution in [0.2, 0.25) is 0 Å². The molecule has 2 heteroatoms. The second-order valence-corrected chi connectivity index (χ2v) is 5.21. The molecule has 1 fully saturated rings. The first-order chi connectivity index (χ1) is 8.61. The van der Waals surface area contributed by atoms with Crippen LogP contribution in [0.15, 0.2) is 48.5 Å². The maximum Gasteiger partial charge on any atom is 0.115 e. The van der Waals surface area contributed by atoms with Gasteiger partial charge in [0.2, 0.25) is 0 Å². The first kappa shape index (κ1) is 11.3. The van der Waals surface area contributed by atoms with E-state index in [9.17, 15) is 5.11 Å². The lowest BCUT2D eigenvalue weighted by atomic mass is 9.95. The van der Waals surface area contributed by atoms with Crippen LogP contribution in [0.5, 0.6) is 5.75 Å². The summed E-state index contributed by atoms with van der Waals surface area (Å²) in [4.78, 5) is 0. The minimum absolute atomic E-state index is 0.265. The molecule has 1 saturated carbocycles. The van der Waals surface area contributed by atoms with Crippen LogP contribution < -0.4 is 5.73 Å².